The Bertz CT molecular complexity index is 1960. The number of phenolic OH excluding ortho intramolecular Hbond substituents is 1. The molecule has 3 aromatic carbocycles. The highest BCUT2D eigenvalue weighted by Crippen LogP contribution is 2.39. The zero-order valence-corrected chi connectivity index (χ0v) is 39.5. The number of rotatable bonds is 14. The Kier molecular flexibility index (Phi) is 21.3. The summed E-state index contributed by atoms with van der Waals surface area (Å²) >= 11 is 2.09. The normalized spacial score (nSPS) is 16.1. The van der Waals surface area contributed by atoms with E-state index in [-0.39, 0.29) is 50.9 Å². The van der Waals surface area contributed by atoms with E-state index in [9.17, 15) is 33.9 Å². The van der Waals surface area contributed by atoms with E-state index < -0.39 is 17.5 Å². The van der Waals surface area contributed by atoms with Gasteiger partial charge in [0.15, 0.2) is 0 Å². The second-order valence-corrected chi connectivity index (χ2v) is 19.1. The van der Waals surface area contributed by atoms with Crippen molar-refractivity contribution in [2.75, 3.05) is 10.6 Å². The van der Waals surface area contributed by atoms with Crippen LogP contribution in [0.2, 0.25) is 0 Å². The topological polar surface area (TPSA) is 171 Å². The fourth-order valence-corrected chi connectivity index (χ4v) is 9.35. The summed E-state index contributed by atoms with van der Waals surface area (Å²) < 4.78 is 0. The fraction of sp³-hybridized carbons (Fsp3) is 0.510. The molecule has 338 valence electrons. The molecule has 0 unspecified atom stereocenters. The Balaban J connectivity index is 0.000000320. The molecule has 4 amide bonds. The molecule has 2 saturated carbocycles. The maximum absolute atomic E-state index is 13.1. The van der Waals surface area contributed by atoms with Crippen molar-refractivity contribution in [1.29, 1.82) is 0 Å². The Morgan fingerprint density at radius 3 is 1.39 bits per heavy atom. The van der Waals surface area contributed by atoms with Gasteiger partial charge >= 0.3 is 0 Å². The first-order valence-corrected chi connectivity index (χ1v) is 23.7. The SMILES string of the molecule is CC.CC(=O)N[C@@H](CC(C)C)C(=O)Sc1ccccc1NC(=O)C1(C)CCCCC1.CC(=O)N[C@@H](Cc1ccc(O)cc1)C(=O)Sc1ccccc1NC(=O)C1(C)CCCCC1. The van der Waals surface area contributed by atoms with E-state index in [0.29, 0.717) is 34.0 Å². The number of benzene rings is 3. The summed E-state index contributed by atoms with van der Waals surface area (Å²) in [6, 6.07) is 19.9. The van der Waals surface area contributed by atoms with Gasteiger partial charge in [0, 0.05) is 40.9 Å². The predicted octanol–water partition coefficient (Wildman–Crippen LogP) is 10.5. The predicted molar refractivity (Wildman–Crippen MR) is 252 cm³/mol. The Morgan fingerprint density at radius 1 is 0.597 bits per heavy atom. The van der Waals surface area contributed by atoms with Crippen LogP contribution in [0, 0.1) is 16.7 Å². The molecule has 5 N–H and O–H groups in total. The van der Waals surface area contributed by atoms with Crippen LogP contribution >= 0.6 is 23.5 Å². The van der Waals surface area contributed by atoms with E-state index >= 15 is 0 Å². The summed E-state index contributed by atoms with van der Waals surface area (Å²) in [6.07, 6.45) is 11.0. The summed E-state index contributed by atoms with van der Waals surface area (Å²) in [5, 5.41) is 20.7. The summed E-state index contributed by atoms with van der Waals surface area (Å²) in [7, 11) is 0. The molecule has 2 fully saturated rings. The van der Waals surface area contributed by atoms with E-state index in [1.807, 2.05) is 77.9 Å². The van der Waals surface area contributed by atoms with Crippen molar-refractivity contribution in [2.45, 2.75) is 154 Å². The number of anilines is 2. The number of para-hydroxylation sites is 2. The zero-order chi connectivity index (χ0) is 45.9. The third kappa shape index (κ3) is 16.6. The first-order valence-electron chi connectivity index (χ1n) is 22.0. The molecule has 62 heavy (non-hydrogen) atoms. The van der Waals surface area contributed by atoms with Crippen molar-refractivity contribution in [3.8, 4) is 5.75 Å². The highest BCUT2D eigenvalue weighted by atomic mass is 32.2. The van der Waals surface area contributed by atoms with E-state index in [1.54, 1.807) is 36.4 Å². The van der Waals surface area contributed by atoms with Gasteiger partial charge in [-0.15, -0.1) is 0 Å². The van der Waals surface area contributed by atoms with Crippen molar-refractivity contribution < 1.29 is 33.9 Å². The quantitative estimate of drug-likeness (QED) is 0.0989. The lowest BCUT2D eigenvalue weighted by Crippen LogP contribution is -2.40. The lowest BCUT2D eigenvalue weighted by molar-refractivity contribution is -0.127. The molecule has 5 rings (SSSR count). The maximum Gasteiger partial charge on any atom is 0.230 e. The summed E-state index contributed by atoms with van der Waals surface area (Å²) in [6.45, 7) is 14.9. The highest BCUT2D eigenvalue weighted by molar-refractivity contribution is 8.14. The molecule has 0 heterocycles. The third-order valence-electron chi connectivity index (χ3n) is 11.1. The van der Waals surface area contributed by atoms with Crippen molar-refractivity contribution in [2.24, 2.45) is 16.7 Å². The third-order valence-corrected chi connectivity index (χ3v) is 13.2. The van der Waals surface area contributed by atoms with Gasteiger partial charge in [0.2, 0.25) is 33.9 Å². The second-order valence-electron chi connectivity index (χ2n) is 17.0. The molecule has 0 aromatic heterocycles. The molecule has 2 atom stereocenters. The first kappa shape index (κ1) is 51.7. The molecule has 0 saturated heterocycles. The van der Waals surface area contributed by atoms with Crippen LogP contribution in [-0.2, 0) is 35.2 Å². The van der Waals surface area contributed by atoms with Crippen LogP contribution in [-0.4, -0.2) is 51.0 Å². The smallest absolute Gasteiger partial charge is 0.230 e. The van der Waals surface area contributed by atoms with E-state index in [1.165, 1.54) is 20.3 Å². The summed E-state index contributed by atoms with van der Waals surface area (Å²) in [5.41, 5.74) is 1.34. The molecule has 0 spiro atoms. The Morgan fingerprint density at radius 2 is 0.984 bits per heavy atom. The molecular formula is C49H68N4O7S2. The number of hydrogen-bond donors (Lipinski definition) is 5. The first-order chi connectivity index (χ1) is 29.5. The van der Waals surface area contributed by atoms with Crippen molar-refractivity contribution in [3.63, 3.8) is 0 Å². The molecule has 0 bridgehead atoms. The molecule has 0 radical (unpaired) electrons. The molecule has 2 aliphatic rings. The standard InChI is InChI=1S/C25H30N2O4S.C22H32N2O3S.C2H6/c1-17(28)26-21(16-18-10-12-19(29)13-11-18)23(30)32-22-9-5-4-8-20(22)27-24(31)25(2)14-6-3-7-15-25;1-15(2)14-18(23-16(3)25)20(26)28-19-11-7-6-10-17(19)24-21(27)22(4)12-8-5-9-13-22;1-2/h4-5,8-13,21,29H,3,6-7,14-16H2,1-2H3,(H,26,28)(H,27,31);6-7,10-11,15,18H,5,8-9,12-14H2,1-4H3,(H,23,25)(H,24,27);1-2H3/t21-;18-;/m00./s1. The van der Waals surface area contributed by atoms with Gasteiger partial charge in [-0.05, 0) is 104 Å². The molecule has 11 nitrogen and oxygen atoms in total. The number of amides is 4. The minimum absolute atomic E-state index is 0.0137. The van der Waals surface area contributed by atoms with Crippen LogP contribution in [0.4, 0.5) is 11.4 Å². The van der Waals surface area contributed by atoms with Gasteiger partial charge in [0.1, 0.15) is 11.8 Å². The van der Waals surface area contributed by atoms with E-state index in [4.69, 9.17) is 0 Å². The van der Waals surface area contributed by atoms with Crippen LogP contribution in [0.3, 0.4) is 0 Å². The van der Waals surface area contributed by atoms with Crippen LogP contribution in [0.25, 0.3) is 0 Å². The lowest BCUT2D eigenvalue weighted by Gasteiger charge is -2.32. The lowest BCUT2D eigenvalue weighted by atomic mass is 9.75. The van der Waals surface area contributed by atoms with Crippen LogP contribution in [0.5, 0.6) is 5.75 Å². The number of hydrogen-bond acceptors (Lipinski definition) is 9. The minimum Gasteiger partial charge on any atom is -0.508 e. The minimum atomic E-state index is -0.735. The number of phenols is 1. The van der Waals surface area contributed by atoms with Crippen LogP contribution in [0.15, 0.2) is 82.6 Å². The van der Waals surface area contributed by atoms with Gasteiger partial charge < -0.3 is 26.4 Å². The van der Waals surface area contributed by atoms with Gasteiger partial charge in [0.25, 0.3) is 0 Å². The monoisotopic (exact) mass is 888 g/mol. The van der Waals surface area contributed by atoms with E-state index in [2.05, 4.69) is 21.3 Å². The molecule has 3 aromatic rings. The molecule has 13 heteroatoms. The van der Waals surface area contributed by atoms with Crippen LogP contribution < -0.4 is 21.3 Å². The summed E-state index contributed by atoms with van der Waals surface area (Å²) in [5.74, 6) is -0.0844. The number of carbonyl (C=O) groups is 6. The van der Waals surface area contributed by atoms with Gasteiger partial charge in [-0.2, -0.15) is 0 Å². The van der Waals surface area contributed by atoms with Crippen molar-refractivity contribution >= 4 is 68.8 Å². The van der Waals surface area contributed by atoms with Gasteiger partial charge in [0.05, 0.1) is 17.4 Å². The zero-order valence-electron chi connectivity index (χ0n) is 37.9. The number of carbonyl (C=O) groups excluding carboxylic acids is 6. The maximum atomic E-state index is 13.1. The van der Waals surface area contributed by atoms with E-state index in [0.717, 1.165) is 86.9 Å². The largest absolute Gasteiger partial charge is 0.508 e. The average molecular weight is 889 g/mol. The molecular weight excluding hydrogens is 821 g/mol. The Labute approximate surface area is 377 Å². The fourth-order valence-electron chi connectivity index (χ4n) is 7.58. The number of nitrogens with one attached hydrogen (secondary N) is 4. The Hall–Kier alpha value is -4.62. The highest BCUT2D eigenvalue weighted by Gasteiger charge is 2.36. The summed E-state index contributed by atoms with van der Waals surface area (Å²) in [4.78, 5) is 76.4. The second kappa shape index (κ2) is 25.5. The average Bonchev–Trinajstić information content (AvgIpc) is 3.23. The molecule has 2 aliphatic carbocycles. The number of aromatic hydroxyl groups is 1. The molecule has 0 aliphatic heterocycles. The van der Waals surface area contributed by atoms with Crippen LogP contribution in [0.1, 0.15) is 132 Å². The van der Waals surface area contributed by atoms with Gasteiger partial charge in [-0.3, -0.25) is 28.8 Å². The van der Waals surface area contributed by atoms with Crippen molar-refractivity contribution in [3.05, 3.63) is 78.4 Å². The van der Waals surface area contributed by atoms with Gasteiger partial charge in [-0.25, -0.2) is 0 Å². The number of thioether (sulfide) groups is 2. The van der Waals surface area contributed by atoms with Crippen molar-refractivity contribution in [1.82, 2.24) is 10.6 Å². The van der Waals surface area contributed by atoms with Gasteiger partial charge in [-0.1, -0.05) is 116 Å².